The molecular weight excluding hydrogens is 350 g/mol. The molecule has 2 heterocycles. The lowest BCUT2D eigenvalue weighted by molar-refractivity contribution is -0.116. The molecule has 2 aromatic carbocycles. The number of hydrogen-bond donors (Lipinski definition) is 0. The van der Waals surface area contributed by atoms with E-state index in [1.54, 1.807) is 40.6 Å². The van der Waals surface area contributed by atoms with E-state index in [0.29, 0.717) is 12.1 Å². The number of nitriles is 1. The van der Waals surface area contributed by atoms with Crippen LogP contribution >= 0.6 is 23.5 Å². The maximum absolute atomic E-state index is 12.8. The van der Waals surface area contributed by atoms with E-state index in [9.17, 15) is 4.79 Å². The van der Waals surface area contributed by atoms with Gasteiger partial charge in [0.05, 0.1) is 22.6 Å². The van der Waals surface area contributed by atoms with E-state index >= 15 is 0 Å². The van der Waals surface area contributed by atoms with Crippen LogP contribution in [0.5, 0.6) is 0 Å². The van der Waals surface area contributed by atoms with Crippen molar-refractivity contribution in [2.45, 2.75) is 17.4 Å². The molecule has 25 heavy (non-hydrogen) atoms. The Morgan fingerprint density at radius 3 is 2.80 bits per heavy atom. The minimum absolute atomic E-state index is 0.0906. The van der Waals surface area contributed by atoms with Gasteiger partial charge in [0.2, 0.25) is 5.91 Å². The molecule has 4 nitrogen and oxygen atoms in total. The lowest BCUT2D eigenvalue weighted by Gasteiger charge is -2.18. The van der Waals surface area contributed by atoms with Gasteiger partial charge in [-0.05, 0) is 42.3 Å². The van der Waals surface area contributed by atoms with Crippen molar-refractivity contribution in [3.63, 3.8) is 0 Å². The minimum atomic E-state index is -0.0906. The smallest absolute Gasteiger partial charge is 0.240 e. The molecule has 124 valence electrons. The molecule has 1 atom stereocenters. The zero-order valence-corrected chi connectivity index (χ0v) is 15.0. The molecule has 0 N–H and O–H groups in total. The van der Waals surface area contributed by atoms with E-state index in [1.807, 2.05) is 30.3 Å². The van der Waals surface area contributed by atoms with Gasteiger partial charge in [0.15, 0.2) is 0 Å². The Bertz CT molecular complexity index is 886. The van der Waals surface area contributed by atoms with Crippen molar-refractivity contribution in [2.24, 2.45) is 4.99 Å². The quantitative estimate of drug-likeness (QED) is 0.795. The summed E-state index contributed by atoms with van der Waals surface area (Å²) < 4.78 is 0.971. The molecule has 2 aliphatic rings. The average molecular weight is 365 g/mol. The third kappa shape index (κ3) is 3.30. The standard InChI is InChI=1S/C19H15N3OS2/c20-11-13-5-7-15(8-6-13)22-10-9-17(18(22)23)25-19-21-16-4-2-1-3-14(16)12-24-19/h1-8,17H,9-10,12H2/t17-/m1/s1. The number of rotatable bonds is 2. The van der Waals surface area contributed by atoms with E-state index in [0.717, 1.165) is 27.9 Å². The first-order valence-electron chi connectivity index (χ1n) is 8.02. The second kappa shape index (κ2) is 6.95. The molecule has 0 aliphatic carbocycles. The normalized spacial score (nSPS) is 19.3. The lowest BCUT2D eigenvalue weighted by Crippen LogP contribution is -2.28. The number of aliphatic imine (C=N–C) groups is 1. The molecule has 0 saturated carbocycles. The van der Waals surface area contributed by atoms with Crippen molar-refractivity contribution in [3.8, 4) is 6.07 Å². The predicted molar refractivity (Wildman–Crippen MR) is 104 cm³/mol. The second-order valence-corrected chi connectivity index (χ2v) is 8.25. The molecule has 0 radical (unpaired) electrons. The highest BCUT2D eigenvalue weighted by Gasteiger charge is 2.34. The number of hydrogen-bond acceptors (Lipinski definition) is 5. The molecule has 1 amide bonds. The van der Waals surface area contributed by atoms with Crippen LogP contribution in [0.4, 0.5) is 11.4 Å². The Hall–Kier alpha value is -2.23. The van der Waals surface area contributed by atoms with E-state index in [-0.39, 0.29) is 11.2 Å². The first kappa shape index (κ1) is 16.2. The van der Waals surface area contributed by atoms with Crippen molar-refractivity contribution >= 4 is 45.2 Å². The number of anilines is 1. The van der Waals surface area contributed by atoms with Crippen LogP contribution in [0.2, 0.25) is 0 Å². The molecule has 0 bridgehead atoms. The fourth-order valence-electron chi connectivity index (χ4n) is 2.93. The number of amides is 1. The number of benzene rings is 2. The third-order valence-electron chi connectivity index (χ3n) is 4.26. The second-order valence-electron chi connectivity index (χ2n) is 5.84. The van der Waals surface area contributed by atoms with Gasteiger partial charge >= 0.3 is 0 Å². The summed E-state index contributed by atoms with van der Waals surface area (Å²) in [5.41, 5.74) is 3.72. The summed E-state index contributed by atoms with van der Waals surface area (Å²) in [5, 5.41) is 8.80. The molecule has 0 aromatic heterocycles. The zero-order valence-electron chi connectivity index (χ0n) is 13.4. The third-order valence-corrected chi connectivity index (χ3v) is 6.71. The molecule has 0 unspecified atom stereocenters. The highest BCUT2D eigenvalue weighted by molar-refractivity contribution is 8.39. The van der Waals surface area contributed by atoms with Crippen LogP contribution in [0.25, 0.3) is 0 Å². The van der Waals surface area contributed by atoms with Crippen LogP contribution in [-0.4, -0.2) is 22.1 Å². The summed E-state index contributed by atoms with van der Waals surface area (Å²) in [6.07, 6.45) is 0.810. The van der Waals surface area contributed by atoms with E-state index in [2.05, 4.69) is 12.1 Å². The summed E-state index contributed by atoms with van der Waals surface area (Å²) >= 11 is 3.28. The largest absolute Gasteiger partial charge is 0.311 e. The highest BCUT2D eigenvalue weighted by Crippen LogP contribution is 2.38. The predicted octanol–water partition coefficient (Wildman–Crippen LogP) is 4.33. The van der Waals surface area contributed by atoms with Crippen molar-refractivity contribution in [1.82, 2.24) is 0 Å². The van der Waals surface area contributed by atoms with Gasteiger partial charge in [0.25, 0.3) is 0 Å². The molecule has 4 rings (SSSR count). The van der Waals surface area contributed by atoms with Gasteiger partial charge in [0, 0.05) is 18.0 Å². The zero-order chi connectivity index (χ0) is 17.2. The first-order valence-corrected chi connectivity index (χ1v) is 9.89. The maximum atomic E-state index is 12.8. The molecule has 2 aromatic rings. The van der Waals surface area contributed by atoms with E-state index in [1.165, 1.54) is 5.56 Å². The molecule has 6 heteroatoms. The van der Waals surface area contributed by atoms with Gasteiger partial charge in [-0.3, -0.25) is 4.79 Å². The molecule has 1 fully saturated rings. The lowest BCUT2D eigenvalue weighted by atomic mass is 10.2. The number of carbonyl (C=O) groups is 1. The topological polar surface area (TPSA) is 56.5 Å². The molecule has 2 aliphatic heterocycles. The Kier molecular flexibility index (Phi) is 4.51. The summed E-state index contributed by atoms with van der Waals surface area (Å²) in [5.74, 6) is 1.03. The van der Waals surface area contributed by atoms with E-state index in [4.69, 9.17) is 10.3 Å². The monoisotopic (exact) mass is 365 g/mol. The summed E-state index contributed by atoms with van der Waals surface area (Å²) in [7, 11) is 0. The molecule has 1 saturated heterocycles. The van der Waals surface area contributed by atoms with Crippen molar-refractivity contribution in [3.05, 3.63) is 59.7 Å². The molecular formula is C19H15N3OS2. The summed E-state index contributed by atoms with van der Waals surface area (Å²) in [6.45, 7) is 0.705. The first-order chi connectivity index (χ1) is 12.2. The summed E-state index contributed by atoms with van der Waals surface area (Å²) in [4.78, 5) is 19.3. The maximum Gasteiger partial charge on any atom is 0.240 e. The number of para-hydroxylation sites is 1. The van der Waals surface area contributed by atoms with E-state index < -0.39 is 0 Å². The average Bonchev–Trinajstić information content (AvgIpc) is 3.02. The van der Waals surface area contributed by atoms with Gasteiger partial charge < -0.3 is 4.90 Å². The van der Waals surface area contributed by atoms with Crippen molar-refractivity contribution in [2.75, 3.05) is 11.4 Å². The van der Waals surface area contributed by atoms with Crippen LogP contribution in [0.15, 0.2) is 53.5 Å². The van der Waals surface area contributed by atoms with Crippen molar-refractivity contribution < 1.29 is 4.79 Å². The Morgan fingerprint density at radius 2 is 2.00 bits per heavy atom. The Labute approximate surface area is 154 Å². The number of thioether (sulfide) groups is 2. The van der Waals surface area contributed by atoms with Gasteiger partial charge in [-0.2, -0.15) is 5.26 Å². The van der Waals surface area contributed by atoms with Gasteiger partial charge in [0.1, 0.15) is 4.38 Å². The van der Waals surface area contributed by atoms with Gasteiger partial charge in [-0.25, -0.2) is 4.99 Å². The number of fused-ring (bicyclic) bond motifs is 1. The fourth-order valence-corrected chi connectivity index (χ4v) is 5.26. The van der Waals surface area contributed by atoms with Crippen LogP contribution in [0, 0.1) is 11.3 Å². The SMILES string of the molecule is N#Cc1ccc(N2CC[C@@H](SC3=Nc4ccccc4CS3)C2=O)cc1. The van der Waals surface area contributed by atoms with Crippen LogP contribution in [0.1, 0.15) is 17.5 Å². The van der Waals surface area contributed by atoms with Crippen LogP contribution in [-0.2, 0) is 10.5 Å². The van der Waals surface area contributed by atoms with Crippen LogP contribution in [0.3, 0.4) is 0 Å². The Morgan fingerprint density at radius 1 is 1.20 bits per heavy atom. The van der Waals surface area contributed by atoms with Gasteiger partial charge in [-0.15, -0.1) is 0 Å². The highest BCUT2D eigenvalue weighted by atomic mass is 32.2. The van der Waals surface area contributed by atoms with Crippen LogP contribution < -0.4 is 4.90 Å². The fraction of sp³-hybridized carbons (Fsp3) is 0.211. The van der Waals surface area contributed by atoms with Gasteiger partial charge in [-0.1, -0.05) is 41.7 Å². The molecule has 0 spiro atoms. The number of carbonyl (C=O) groups excluding carboxylic acids is 1. The summed E-state index contributed by atoms with van der Waals surface area (Å²) in [6, 6.07) is 17.4. The minimum Gasteiger partial charge on any atom is -0.311 e. The van der Waals surface area contributed by atoms with Crippen molar-refractivity contribution in [1.29, 1.82) is 5.26 Å². The Balaban J connectivity index is 1.47. The number of nitrogens with zero attached hydrogens (tertiary/aromatic N) is 3.